The Balaban J connectivity index is 2.31. The zero-order valence-electron chi connectivity index (χ0n) is 9.51. The van der Waals surface area contributed by atoms with E-state index < -0.39 is 17.8 Å². The Labute approximate surface area is 111 Å². The van der Waals surface area contributed by atoms with Gasteiger partial charge in [0.1, 0.15) is 0 Å². The number of benzene rings is 1. The van der Waals surface area contributed by atoms with Crippen LogP contribution in [0, 0.1) is 5.92 Å². The summed E-state index contributed by atoms with van der Waals surface area (Å²) in [6.45, 7) is 1.12. The monoisotopic (exact) mass is 323 g/mol. The van der Waals surface area contributed by atoms with Gasteiger partial charge in [0.15, 0.2) is 0 Å². The van der Waals surface area contributed by atoms with E-state index in [1.165, 1.54) is 6.07 Å². The van der Waals surface area contributed by atoms with Gasteiger partial charge in [0, 0.05) is 23.0 Å². The van der Waals surface area contributed by atoms with Crippen LogP contribution < -0.4 is 5.73 Å². The van der Waals surface area contributed by atoms with Crippen LogP contribution in [0.3, 0.4) is 0 Å². The van der Waals surface area contributed by atoms with E-state index in [1.807, 2.05) is 0 Å². The molecule has 2 N–H and O–H groups in total. The first-order valence-electron chi connectivity index (χ1n) is 5.59. The molecule has 0 bridgehead atoms. The fraction of sp³-hybridized carbons (Fsp3) is 0.500. The van der Waals surface area contributed by atoms with Crippen LogP contribution in [0.25, 0.3) is 0 Å². The van der Waals surface area contributed by atoms with Crippen LogP contribution in [-0.4, -0.2) is 13.2 Å². The van der Waals surface area contributed by atoms with Gasteiger partial charge in [-0.2, -0.15) is 13.2 Å². The molecule has 100 valence electrons. The topological polar surface area (TPSA) is 35.2 Å². The molecule has 0 radical (unpaired) electrons. The summed E-state index contributed by atoms with van der Waals surface area (Å²) < 4.78 is 43.8. The van der Waals surface area contributed by atoms with E-state index in [4.69, 9.17) is 10.5 Å². The van der Waals surface area contributed by atoms with Crippen LogP contribution >= 0.6 is 15.9 Å². The van der Waals surface area contributed by atoms with E-state index in [2.05, 4.69) is 15.9 Å². The van der Waals surface area contributed by atoms with Crippen molar-refractivity contribution in [3.63, 3.8) is 0 Å². The lowest BCUT2D eigenvalue weighted by atomic mass is 9.92. The highest BCUT2D eigenvalue weighted by Crippen LogP contribution is 2.36. The molecule has 1 aromatic carbocycles. The Kier molecular flexibility index (Phi) is 3.99. The lowest BCUT2D eigenvalue weighted by Gasteiger charge is -2.20. The highest BCUT2D eigenvalue weighted by atomic mass is 79.9. The molecule has 0 spiro atoms. The van der Waals surface area contributed by atoms with E-state index in [9.17, 15) is 13.2 Å². The lowest BCUT2D eigenvalue weighted by Crippen LogP contribution is -2.22. The lowest BCUT2D eigenvalue weighted by molar-refractivity contribution is -0.137. The Morgan fingerprint density at radius 3 is 2.67 bits per heavy atom. The van der Waals surface area contributed by atoms with Gasteiger partial charge in [-0.05, 0) is 30.2 Å². The summed E-state index contributed by atoms with van der Waals surface area (Å²) in [7, 11) is 0. The number of nitrogens with two attached hydrogens (primary N) is 1. The molecule has 0 saturated carbocycles. The van der Waals surface area contributed by atoms with Crippen molar-refractivity contribution in [1.82, 2.24) is 0 Å². The zero-order chi connectivity index (χ0) is 13.3. The van der Waals surface area contributed by atoms with E-state index in [-0.39, 0.29) is 5.92 Å². The summed E-state index contributed by atoms with van der Waals surface area (Å²) in [5, 5.41) is 0. The van der Waals surface area contributed by atoms with Crippen molar-refractivity contribution in [2.24, 2.45) is 11.7 Å². The smallest absolute Gasteiger partial charge is 0.381 e. The van der Waals surface area contributed by atoms with Crippen molar-refractivity contribution in [3.8, 4) is 0 Å². The predicted molar refractivity (Wildman–Crippen MR) is 65.0 cm³/mol. The number of hydrogen-bond acceptors (Lipinski definition) is 2. The summed E-state index contributed by atoms with van der Waals surface area (Å²) in [4.78, 5) is 0. The van der Waals surface area contributed by atoms with Gasteiger partial charge in [0.2, 0.25) is 0 Å². The van der Waals surface area contributed by atoms with Crippen molar-refractivity contribution in [1.29, 1.82) is 0 Å². The van der Waals surface area contributed by atoms with Gasteiger partial charge in [0.25, 0.3) is 0 Å². The van der Waals surface area contributed by atoms with Crippen LogP contribution in [0.4, 0.5) is 13.2 Å². The summed E-state index contributed by atoms with van der Waals surface area (Å²) in [6.07, 6.45) is -3.56. The molecular formula is C12H13BrF3NO. The maximum Gasteiger partial charge on any atom is 0.416 e. The first-order valence-corrected chi connectivity index (χ1v) is 6.39. The maximum absolute atomic E-state index is 12.7. The number of alkyl halides is 3. The van der Waals surface area contributed by atoms with Gasteiger partial charge in [-0.15, -0.1) is 0 Å². The van der Waals surface area contributed by atoms with Crippen molar-refractivity contribution in [2.45, 2.75) is 18.6 Å². The molecule has 0 amide bonds. The Bertz CT molecular complexity index is 430. The molecule has 2 atom stereocenters. The van der Waals surface area contributed by atoms with Gasteiger partial charge in [-0.1, -0.05) is 15.9 Å². The number of hydrogen-bond donors (Lipinski definition) is 1. The molecule has 18 heavy (non-hydrogen) atoms. The van der Waals surface area contributed by atoms with Crippen molar-refractivity contribution in [3.05, 3.63) is 33.8 Å². The maximum atomic E-state index is 12.7. The van der Waals surface area contributed by atoms with Crippen LogP contribution in [0.2, 0.25) is 0 Å². The minimum absolute atomic E-state index is 0.0739. The molecule has 1 aliphatic rings. The largest absolute Gasteiger partial charge is 0.416 e. The number of rotatable bonds is 2. The SMILES string of the molecule is NC(c1cc(C(F)(F)F)ccc1Br)C1CCOC1. The molecule has 1 heterocycles. The minimum atomic E-state index is -4.35. The highest BCUT2D eigenvalue weighted by Gasteiger charge is 2.32. The van der Waals surface area contributed by atoms with E-state index >= 15 is 0 Å². The molecule has 1 aliphatic heterocycles. The second-order valence-electron chi connectivity index (χ2n) is 4.38. The molecule has 6 heteroatoms. The molecule has 2 unspecified atom stereocenters. The quantitative estimate of drug-likeness (QED) is 0.904. The van der Waals surface area contributed by atoms with Crippen molar-refractivity contribution in [2.75, 3.05) is 13.2 Å². The third-order valence-corrected chi connectivity index (χ3v) is 3.88. The minimum Gasteiger partial charge on any atom is -0.381 e. The fourth-order valence-corrected chi connectivity index (χ4v) is 2.58. The first-order chi connectivity index (χ1) is 8.39. The molecular weight excluding hydrogens is 311 g/mol. The molecule has 1 saturated heterocycles. The Morgan fingerprint density at radius 2 is 2.11 bits per heavy atom. The molecule has 1 fully saturated rings. The summed E-state index contributed by atoms with van der Waals surface area (Å²) in [6, 6.07) is 3.12. The standard InChI is InChI=1S/C12H13BrF3NO/c13-10-2-1-8(12(14,15)16)5-9(10)11(17)7-3-4-18-6-7/h1-2,5,7,11H,3-4,6,17H2. The third-order valence-electron chi connectivity index (χ3n) is 3.16. The van der Waals surface area contributed by atoms with Crippen molar-refractivity contribution < 1.29 is 17.9 Å². The van der Waals surface area contributed by atoms with Gasteiger partial charge in [-0.3, -0.25) is 0 Å². The van der Waals surface area contributed by atoms with E-state index in [1.54, 1.807) is 0 Å². The average Bonchev–Trinajstić information content (AvgIpc) is 2.80. The summed E-state index contributed by atoms with van der Waals surface area (Å²) in [5.41, 5.74) is 5.85. The Hall–Kier alpha value is -0.590. The third kappa shape index (κ3) is 2.87. The van der Waals surface area contributed by atoms with Crippen LogP contribution in [0.15, 0.2) is 22.7 Å². The molecule has 0 aliphatic carbocycles. The van der Waals surface area contributed by atoms with Gasteiger partial charge >= 0.3 is 6.18 Å². The van der Waals surface area contributed by atoms with Crippen molar-refractivity contribution >= 4 is 15.9 Å². The summed E-state index contributed by atoms with van der Waals surface area (Å²) >= 11 is 3.26. The zero-order valence-corrected chi connectivity index (χ0v) is 11.1. The molecule has 2 nitrogen and oxygen atoms in total. The van der Waals surface area contributed by atoms with E-state index in [0.717, 1.165) is 18.6 Å². The average molecular weight is 324 g/mol. The number of halogens is 4. The normalized spacial score (nSPS) is 22.2. The fourth-order valence-electron chi connectivity index (χ4n) is 2.07. The van der Waals surface area contributed by atoms with Crippen LogP contribution in [0.5, 0.6) is 0 Å². The molecule has 2 rings (SSSR count). The molecule has 1 aromatic rings. The van der Waals surface area contributed by atoms with Crippen LogP contribution in [-0.2, 0) is 10.9 Å². The molecule has 0 aromatic heterocycles. The highest BCUT2D eigenvalue weighted by molar-refractivity contribution is 9.10. The van der Waals surface area contributed by atoms with Crippen LogP contribution in [0.1, 0.15) is 23.6 Å². The second-order valence-corrected chi connectivity index (χ2v) is 5.24. The van der Waals surface area contributed by atoms with Gasteiger partial charge < -0.3 is 10.5 Å². The van der Waals surface area contributed by atoms with Gasteiger partial charge in [0.05, 0.1) is 12.2 Å². The van der Waals surface area contributed by atoms with Gasteiger partial charge in [-0.25, -0.2) is 0 Å². The second kappa shape index (κ2) is 5.19. The Morgan fingerprint density at radius 1 is 1.39 bits per heavy atom. The van der Waals surface area contributed by atoms with E-state index in [0.29, 0.717) is 23.2 Å². The number of ether oxygens (including phenoxy) is 1. The predicted octanol–water partition coefficient (Wildman–Crippen LogP) is 3.50. The first kappa shape index (κ1) is 13.8. The summed E-state index contributed by atoms with van der Waals surface area (Å²) in [5.74, 6) is 0.0739.